The number of benzene rings is 1. The van der Waals surface area contributed by atoms with Gasteiger partial charge < -0.3 is 11.5 Å². The van der Waals surface area contributed by atoms with Gasteiger partial charge in [-0.1, -0.05) is 28.9 Å². The zero-order valence-electron chi connectivity index (χ0n) is 9.33. The Morgan fingerprint density at radius 1 is 1.40 bits per heavy atom. The first kappa shape index (κ1) is 12.7. The lowest BCUT2D eigenvalue weighted by atomic mass is 9.94. The van der Waals surface area contributed by atoms with Gasteiger partial charge in [-0.3, -0.25) is 0 Å². The highest BCUT2D eigenvalue weighted by molar-refractivity contribution is 9.10. The lowest BCUT2D eigenvalue weighted by molar-refractivity contribution is 0.481. The SMILES string of the molecule is Cc1ccc(Br)cc1C(N)CC(C)CN. The fourth-order valence-corrected chi connectivity index (χ4v) is 2.05. The summed E-state index contributed by atoms with van der Waals surface area (Å²) in [4.78, 5) is 0. The van der Waals surface area contributed by atoms with E-state index in [-0.39, 0.29) is 6.04 Å². The standard InChI is InChI=1S/C12H19BrN2/c1-8(7-14)5-12(15)11-6-10(13)4-3-9(11)2/h3-4,6,8,12H,5,7,14-15H2,1-2H3. The van der Waals surface area contributed by atoms with E-state index < -0.39 is 0 Å². The zero-order valence-corrected chi connectivity index (χ0v) is 10.9. The van der Waals surface area contributed by atoms with Gasteiger partial charge in [-0.25, -0.2) is 0 Å². The summed E-state index contributed by atoms with van der Waals surface area (Å²) in [5.74, 6) is 0.471. The van der Waals surface area contributed by atoms with Crippen molar-refractivity contribution in [2.75, 3.05) is 6.54 Å². The van der Waals surface area contributed by atoms with E-state index in [0.29, 0.717) is 12.5 Å². The summed E-state index contributed by atoms with van der Waals surface area (Å²) in [5.41, 5.74) is 14.2. The molecule has 0 saturated carbocycles. The van der Waals surface area contributed by atoms with Crippen LogP contribution in [0.15, 0.2) is 22.7 Å². The second-order valence-electron chi connectivity index (χ2n) is 4.18. The number of nitrogens with two attached hydrogens (primary N) is 2. The van der Waals surface area contributed by atoms with Crippen LogP contribution in [0.5, 0.6) is 0 Å². The molecule has 15 heavy (non-hydrogen) atoms. The van der Waals surface area contributed by atoms with Crippen LogP contribution >= 0.6 is 15.9 Å². The molecule has 4 N–H and O–H groups in total. The first-order valence-corrected chi connectivity index (χ1v) is 6.05. The van der Waals surface area contributed by atoms with Gasteiger partial charge >= 0.3 is 0 Å². The van der Waals surface area contributed by atoms with Crippen LogP contribution in [0.1, 0.15) is 30.5 Å². The zero-order chi connectivity index (χ0) is 11.4. The Morgan fingerprint density at radius 2 is 2.07 bits per heavy atom. The first-order chi connectivity index (χ1) is 7.04. The average Bonchev–Trinajstić information content (AvgIpc) is 2.21. The Bertz CT molecular complexity index is 325. The highest BCUT2D eigenvalue weighted by atomic mass is 79.9. The maximum atomic E-state index is 6.16. The summed E-state index contributed by atoms with van der Waals surface area (Å²) in [6, 6.07) is 6.31. The van der Waals surface area contributed by atoms with Crippen LogP contribution in [0.3, 0.4) is 0 Å². The smallest absolute Gasteiger partial charge is 0.0300 e. The fourth-order valence-electron chi connectivity index (χ4n) is 1.67. The van der Waals surface area contributed by atoms with Crippen molar-refractivity contribution >= 4 is 15.9 Å². The van der Waals surface area contributed by atoms with E-state index in [1.54, 1.807) is 0 Å². The molecule has 0 heterocycles. The lowest BCUT2D eigenvalue weighted by Gasteiger charge is -2.18. The molecule has 0 saturated heterocycles. The van der Waals surface area contributed by atoms with Crippen LogP contribution in [0.4, 0.5) is 0 Å². The predicted octanol–water partition coefficient (Wildman–Crippen LogP) is 2.74. The van der Waals surface area contributed by atoms with Gasteiger partial charge in [0.05, 0.1) is 0 Å². The Kier molecular flexibility index (Phi) is 4.77. The molecule has 0 amide bonds. The van der Waals surface area contributed by atoms with Crippen molar-refractivity contribution in [2.45, 2.75) is 26.3 Å². The second-order valence-corrected chi connectivity index (χ2v) is 5.10. The van der Waals surface area contributed by atoms with Crippen molar-refractivity contribution < 1.29 is 0 Å². The molecule has 0 spiro atoms. The average molecular weight is 271 g/mol. The summed E-state index contributed by atoms with van der Waals surface area (Å²) in [6.45, 7) is 4.92. The van der Waals surface area contributed by atoms with Gasteiger partial charge in [0.25, 0.3) is 0 Å². The van der Waals surface area contributed by atoms with Crippen molar-refractivity contribution in [2.24, 2.45) is 17.4 Å². The van der Waals surface area contributed by atoms with Gasteiger partial charge in [0, 0.05) is 10.5 Å². The van der Waals surface area contributed by atoms with Gasteiger partial charge in [0.1, 0.15) is 0 Å². The summed E-state index contributed by atoms with van der Waals surface area (Å²) in [6.07, 6.45) is 0.938. The lowest BCUT2D eigenvalue weighted by Crippen LogP contribution is -2.20. The Balaban J connectivity index is 2.80. The molecule has 84 valence electrons. The van der Waals surface area contributed by atoms with Crippen molar-refractivity contribution in [3.63, 3.8) is 0 Å². The molecular weight excluding hydrogens is 252 g/mol. The molecule has 0 radical (unpaired) electrons. The number of aryl methyl sites for hydroxylation is 1. The van der Waals surface area contributed by atoms with Gasteiger partial charge in [-0.2, -0.15) is 0 Å². The van der Waals surface area contributed by atoms with Crippen LogP contribution in [-0.4, -0.2) is 6.54 Å². The molecule has 0 aromatic heterocycles. The molecule has 0 aliphatic heterocycles. The summed E-state index contributed by atoms with van der Waals surface area (Å²) in [5, 5.41) is 0. The third-order valence-corrected chi connectivity index (χ3v) is 3.19. The molecule has 2 unspecified atom stereocenters. The van der Waals surface area contributed by atoms with Gasteiger partial charge in [0.2, 0.25) is 0 Å². The molecular formula is C12H19BrN2. The van der Waals surface area contributed by atoms with Crippen molar-refractivity contribution in [3.05, 3.63) is 33.8 Å². The third kappa shape index (κ3) is 3.59. The molecule has 3 heteroatoms. The van der Waals surface area contributed by atoms with Crippen LogP contribution in [0.2, 0.25) is 0 Å². The topological polar surface area (TPSA) is 52.0 Å². The highest BCUT2D eigenvalue weighted by Gasteiger charge is 2.12. The van der Waals surface area contributed by atoms with E-state index in [1.165, 1.54) is 11.1 Å². The number of rotatable bonds is 4. The van der Waals surface area contributed by atoms with Crippen LogP contribution in [0, 0.1) is 12.8 Å². The van der Waals surface area contributed by atoms with Crippen LogP contribution in [0.25, 0.3) is 0 Å². The molecule has 0 fully saturated rings. The van der Waals surface area contributed by atoms with Crippen LogP contribution in [-0.2, 0) is 0 Å². The quantitative estimate of drug-likeness (QED) is 0.884. The maximum absolute atomic E-state index is 6.16. The minimum Gasteiger partial charge on any atom is -0.330 e. The largest absolute Gasteiger partial charge is 0.330 e. The Labute approximate surface area is 100 Å². The molecule has 1 aromatic rings. The van der Waals surface area contributed by atoms with E-state index in [4.69, 9.17) is 11.5 Å². The van der Waals surface area contributed by atoms with Crippen LogP contribution < -0.4 is 11.5 Å². The molecule has 2 atom stereocenters. The molecule has 2 nitrogen and oxygen atoms in total. The van der Waals surface area contributed by atoms with Gasteiger partial charge in [-0.05, 0) is 49.1 Å². The van der Waals surface area contributed by atoms with E-state index in [2.05, 4.69) is 41.9 Å². The van der Waals surface area contributed by atoms with E-state index in [9.17, 15) is 0 Å². The minimum atomic E-state index is 0.0843. The number of hydrogen-bond acceptors (Lipinski definition) is 2. The van der Waals surface area contributed by atoms with Crippen molar-refractivity contribution in [1.82, 2.24) is 0 Å². The van der Waals surface area contributed by atoms with Crippen molar-refractivity contribution in [3.8, 4) is 0 Å². The molecule has 0 aliphatic carbocycles. The molecule has 0 bridgehead atoms. The third-order valence-electron chi connectivity index (χ3n) is 2.70. The second kappa shape index (κ2) is 5.64. The fraction of sp³-hybridized carbons (Fsp3) is 0.500. The maximum Gasteiger partial charge on any atom is 0.0300 e. The van der Waals surface area contributed by atoms with E-state index in [1.807, 2.05) is 6.07 Å². The van der Waals surface area contributed by atoms with Gasteiger partial charge in [0.15, 0.2) is 0 Å². The number of halogens is 1. The Hall–Kier alpha value is -0.380. The normalized spacial score (nSPS) is 15.0. The molecule has 0 aliphatic rings. The number of hydrogen-bond donors (Lipinski definition) is 2. The molecule has 1 aromatic carbocycles. The van der Waals surface area contributed by atoms with E-state index in [0.717, 1.165) is 10.9 Å². The Morgan fingerprint density at radius 3 is 2.67 bits per heavy atom. The predicted molar refractivity (Wildman–Crippen MR) is 68.6 cm³/mol. The summed E-state index contributed by atoms with van der Waals surface area (Å²) >= 11 is 3.47. The minimum absolute atomic E-state index is 0.0843. The van der Waals surface area contributed by atoms with E-state index >= 15 is 0 Å². The summed E-state index contributed by atoms with van der Waals surface area (Å²) < 4.78 is 1.08. The monoisotopic (exact) mass is 270 g/mol. The van der Waals surface area contributed by atoms with Gasteiger partial charge in [-0.15, -0.1) is 0 Å². The van der Waals surface area contributed by atoms with Crippen molar-refractivity contribution in [1.29, 1.82) is 0 Å². The highest BCUT2D eigenvalue weighted by Crippen LogP contribution is 2.24. The molecule has 1 rings (SSSR count). The first-order valence-electron chi connectivity index (χ1n) is 5.26. The summed E-state index contributed by atoms with van der Waals surface area (Å²) in [7, 11) is 0.